The number of nitrogens with zero attached hydrogens (tertiary/aromatic N) is 4. The maximum absolute atomic E-state index is 13.2. The standard InChI is InChI=1S/C26H29N5O3/c1-15(2)16(3)24-14-20(30-34-24)17-8-10-31(11-9-17)26(33)22-13-18-12-21(28-29-25(18)27-22)19-6-4-5-7-23(19)32/h4-7,12-17,32H,8-11H2,1-3H3,(H,27,29)/t16-/m1/s1. The highest BCUT2D eigenvalue weighted by Gasteiger charge is 2.28. The summed E-state index contributed by atoms with van der Waals surface area (Å²) in [6, 6.07) is 12.7. The van der Waals surface area contributed by atoms with Crippen molar-refractivity contribution >= 4 is 16.9 Å². The van der Waals surface area contributed by atoms with Crippen molar-refractivity contribution in [2.45, 2.75) is 45.4 Å². The van der Waals surface area contributed by atoms with Crippen molar-refractivity contribution in [3.63, 3.8) is 0 Å². The summed E-state index contributed by atoms with van der Waals surface area (Å²) in [6.07, 6.45) is 1.70. The van der Waals surface area contributed by atoms with Gasteiger partial charge in [0.05, 0.1) is 11.4 Å². The number of hydrogen-bond donors (Lipinski definition) is 2. The van der Waals surface area contributed by atoms with E-state index in [4.69, 9.17) is 4.52 Å². The second-order valence-corrected chi connectivity index (χ2v) is 9.49. The van der Waals surface area contributed by atoms with E-state index in [1.54, 1.807) is 24.3 Å². The molecule has 1 aliphatic rings. The highest BCUT2D eigenvalue weighted by Crippen LogP contribution is 2.32. The summed E-state index contributed by atoms with van der Waals surface area (Å²) in [5.74, 6) is 2.16. The third-order valence-electron chi connectivity index (χ3n) is 6.98. The zero-order chi connectivity index (χ0) is 23.8. The van der Waals surface area contributed by atoms with Crippen molar-refractivity contribution in [1.82, 2.24) is 25.2 Å². The number of amides is 1. The fourth-order valence-electron chi connectivity index (χ4n) is 4.46. The van der Waals surface area contributed by atoms with Crippen LogP contribution in [0.1, 0.15) is 67.4 Å². The van der Waals surface area contributed by atoms with Crippen molar-refractivity contribution in [3.8, 4) is 17.0 Å². The van der Waals surface area contributed by atoms with E-state index in [0.717, 1.165) is 29.7 Å². The van der Waals surface area contributed by atoms with Gasteiger partial charge in [0.15, 0.2) is 5.65 Å². The van der Waals surface area contributed by atoms with Gasteiger partial charge in [0.25, 0.3) is 5.91 Å². The Morgan fingerprint density at radius 2 is 1.88 bits per heavy atom. The predicted molar refractivity (Wildman–Crippen MR) is 129 cm³/mol. The fraction of sp³-hybridized carbons (Fsp3) is 0.385. The molecule has 0 unspecified atom stereocenters. The molecule has 8 nitrogen and oxygen atoms in total. The molecule has 1 atom stereocenters. The summed E-state index contributed by atoms with van der Waals surface area (Å²) < 4.78 is 5.60. The summed E-state index contributed by atoms with van der Waals surface area (Å²) in [5, 5.41) is 23.6. The molecule has 1 aliphatic heterocycles. The highest BCUT2D eigenvalue weighted by molar-refractivity contribution is 5.97. The van der Waals surface area contributed by atoms with Crippen LogP contribution < -0.4 is 0 Å². The molecule has 4 aromatic rings. The van der Waals surface area contributed by atoms with E-state index < -0.39 is 0 Å². The molecule has 176 valence electrons. The number of H-pyrrole nitrogens is 1. The van der Waals surface area contributed by atoms with Gasteiger partial charge in [0.1, 0.15) is 17.2 Å². The molecule has 0 aliphatic carbocycles. The van der Waals surface area contributed by atoms with Crippen LogP contribution in [-0.4, -0.2) is 49.3 Å². The fourth-order valence-corrected chi connectivity index (χ4v) is 4.46. The van der Waals surface area contributed by atoms with E-state index in [1.807, 2.05) is 17.0 Å². The number of hydrogen-bond acceptors (Lipinski definition) is 6. The molecular weight excluding hydrogens is 430 g/mol. The van der Waals surface area contributed by atoms with E-state index in [0.29, 0.717) is 53.4 Å². The SMILES string of the molecule is CC(C)[C@@H](C)c1cc(C2CCN(C(=O)c3cc4cc(-c5ccccc5O)nnc4[nH]3)CC2)no1. The van der Waals surface area contributed by atoms with Crippen LogP contribution in [0.3, 0.4) is 0 Å². The van der Waals surface area contributed by atoms with Crippen molar-refractivity contribution in [2.75, 3.05) is 13.1 Å². The summed E-state index contributed by atoms with van der Waals surface area (Å²) in [7, 11) is 0. The number of aromatic hydroxyl groups is 1. The third kappa shape index (κ3) is 4.16. The molecule has 1 aromatic carbocycles. The lowest BCUT2D eigenvalue weighted by molar-refractivity contribution is 0.0706. The number of aromatic nitrogens is 4. The average molecular weight is 460 g/mol. The molecule has 2 N–H and O–H groups in total. The van der Waals surface area contributed by atoms with E-state index >= 15 is 0 Å². The Balaban J connectivity index is 1.27. The molecule has 0 bridgehead atoms. The Hall–Kier alpha value is -3.68. The number of likely N-dealkylation sites (tertiary alicyclic amines) is 1. The molecule has 1 fully saturated rings. The number of piperidine rings is 1. The lowest BCUT2D eigenvalue weighted by Crippen LogP contribution is -2.38. The summed E-state index contributed by atoms with van der Waals surface area (Å²) in [5.41, 5.74) is 3.20. The average Bonchev–Trinajstić information content (AvgIpc) is 3.50. The summed E-state index contributed by atoms with van der Waals surface area (Å²) in [6.45, 7) is 7.84. The minimum absolute atomic E-state index is 0.0465. The minimum atomic E-state index is -0.0465. The van der Waals surface area contributed by atoms with E-state index in [9.17, 15) is 9.90 Å². The Kier molecular flexibility index (Phi) is 5.81. The Morgan fingerprint density at radius 1 is 1.12 bits per heavy atom. The molecule has 8 heteroatoms. The molecule has 4 heterocycles. The predicted octanol–water partition coefficient (Wildman–Crippen LogP) is 5.10. The topological polar surface area (TPSA) is 108 Å². The van der Waals surface area contributed by atoms with Crippen molar-refractivity contribution in [1.29, 1.82) is 0 Å². The number of nitrogens with one attached hydrogen (secondary N) is 1. The third-order valence-corrected chi connectivity index (χ3v) is 6.98. The summed E-state index contributed by atoms with van der Waals surface area (Å²) in [4.78, 5) is 18.1. The van der Waals surface area contributed by atoms with Gasteiger partial charge in [-0.1, -0.05) is 38.1 Å². The van der Waals surface area contributed by atoms with Gasteiger partial charge in [-0.15, -0.1) is 10.2 Å². The molecule has 3 aromatic heterocycles. The molecule has 1 amide bonds. The Bertz CT molecular complexity index is 1320. The first kappa shape index (κ1) is 22.1. The Labute approximate surface area is 198 Å². The highest BCUT2D eigenvalue weighted by atomic mass is 16.5. The molecule has 34 heavy (non-hydrogen) atoms. The molecule has 0 radical (unpaired) electrons. The van der Waals surface area contributed by atoms with E-state index in [-0.39, 0.29) is 11.7 Å². The van der Waals surface area contributed by atoms with Crippen LogP contribution in [0, 0.1) is 5.92 Å². The monoisotopic (exact) mass is 459 g/mol. The number of rotatable bonds is 5. The first-order chi connectivity index (χ1) is 16.4. The Morgan fingerprint density at radius 3 is 2.62 bits per heavy atom. The van der Waals surface area contributed by atoms with Gasteiger partial charge in [-0.2, -0.15) is 0 Å². The van der Waals surface area contributed by atoms with Gasteiger partial charge in [0.2, 0.25) is 0 Å². The first-order valence-electron chi connectivity index (χ1n) is 11.8. The van der Waals surface area contributed by atoms with E-state index in [2.05, 4.69) is 47.2 Å². The number of aromatic amines is 1. The minimum Gasteiger partial charge on any atom is -0.507 e. The van der Waals surface area contributed by atoms with Gasteiger partial charge in [0, 0.05) is 41.9 Å². The zero-order valence-corrected chi connectivity index (χ0v) is 19.7. The second kappa shape index (κ2) is 8.93. The molecule has 0 spiro atoms. The molecule has 5 rings (SSSR count). The number of phenolic OH excluding ortho intramolecular Hbond substituents is 1. The van der Waals surface area contributed by atoms with E-state index in [1.165, 1.54) is 0 Å². The maximum Gasteiger partial charge on any atom is 0.270 e. The number of carbonyl (C=O) groups excluding carboxylic acids is 1. The number of benzene rings is 1. The molecule has 0 saturated carbocycles. The lowest BCUT2D eigenvalue weighted by atomic mass is 9.91. The van der Waals surface area contributed by atoms with Crippen LogP contribution in [0.2, 0.25) is 0 Å². The first-order valence-corrected chi connectivity index (χ1v) is 11.8. The van der Waals surface area contributed by atoms with Crippen molar-refractivity contribution in [3.05, 3.63) is 59.6 Å². The van der Waals surface area contributed by atoms with Gasteiger partial charge in [-0.25, -0.2) is 0 Å². The van der Waals surface area contributed by atoms with Gasteiger partial charge in [-0.05, 0) is 43.0 Å². The quantitative estimate of drug-likeness (QED) is 0.430. The lowest BCUT2D eigenvalue weighted by Gasteiger charge is -2.30. The van der Waals surface area contributed by atoms with Crippen LogP contribution in [0.4, 0.5) is 0 Å². The number of phenols is 1. The zero-order valence-electron chi connectivity index (χ0n) is 19.7. The normalized spacial score (nSPS) is 15.8. The van der Waals surface area contributed by atoms with Crippen molar-refractivity contribution in [2.24, 2.45) is 5.92 Å². The van der Waals surface area contributed by atoms with Crippen LogP contribution >= 0.6 is 0 Å². The van der Waals surface area contributed by atoms with Crippen LogP contribution in [0.25, 0.3) is 22.3 Å². The van der Waals surface area contributed by atoms with Gasteiger partial charge >= 0.3 is 0 Å². The van der Waals surface area contributed by atoms with Gasteiger partial charge < -0.3 is 19.5 Å². The van der Waals surface area contributed by atoms with Gasteiger partial charge in [-0.3, -0.25) is 4.79 Å². The molecule has 1 saturated heterocycles. The number of carbonyl (C=O) groups is 1. The van der Waals surface area contributed by atoms with Crippen LogP contribution in [-0.2, 0) is 0 Å². The maximum atomic E-state index is 13.2. The number of para-hydroxylation sites is 1. The van der Waals surface area contributed by atoms with Crippen LogP contribution in [0.5, 0.6) is 5.75 Å². The smallest absolute Gasteiger partial charge is 0.270 e. The second-order valence-electron chi connectivity index (χ2n) is 9.49. The number of fused-ring (bicyclic) bond motifs is 1. The molecular formula is C26H29N5O3. The summed E-state index contributed by atoms with van der Waals surface area (Å²) >= 11 is 0. The largest absolute Gasteiger partial charge is 0.507 e. The van der Waals surface area contributed by atoms with Crippen LogP contribution in [0.15, 0.2) is 47.0 Å². The van der Waals surface area contributed by atoms with Crippen molar-refractivity contribution < 1.29 is 14.4 Å².